The second-order valence-electron chi connectivity index (χ2n) is 3.60. The van der Waals surface area contributed by atoms with E-state index in [1.165, 1.54) is 0 Å². The van der Waals surface area contributed by atoms with E-state index in [1.807, 2.05) is 23.6 Å². The van der Waals surface area contributed by atoms with Crippen molar-refractivity contribution in [1.29, 1.82) is 0 Å². The molecule has 0 radical (unpaired) electrons. The molecule has 0 fully saturated rings. The van der Waals surface area contributed by atoms with Gasteiger partial charge in [-0.3, -0.25) is 0 Å². The molecule has 0 aliphatic rings. The Morgan fingerprint density at radius 1 is 1.25 bits per heavy atom. The van der Waals surface area contributed by atoms with Crippen LogP contribution in [0.2, 0.25) is 10.0 Å². The van der Waals surface area contributed by atoms with Crippen molar-refractivity contribution in [2.24, 2.45) is 5.73 Å². The Balaban J connectivity index is 2.54. The molecule has 2 rings (SSSR count). The average Bonchev–Trinajstić information content (AvgIpc) is 2.63. The third-order valence-corrected chi connectivity index (χ3v) is 2.70. The number of hydrogen-bond acceptors (Lipinski definition) is 2. The zero-order valence-corrected chi connectivity index (χ0v) is 10.2. The van der Waals surface area contributed by atoms with Gasteiger partial charge in [0.05, 0.1) is 18.2 Å². The molecule has 1 aromatic carbocycles. The standard InChI is InChI=1S/C11H11Cl2N3/c1-7(14)11-5-15-6-16(11)10-3-8(12)2-9(13)4-10/h2-7H,14H2,1H3/t7-/m1/s1. The van der Waals surface area contributed by atoms with Crippen LogP contribution in [0.15, 0.2) is 30.7 Å². The maximum Gasteiger partial charge on any atom is 0.0994 e. The van der Waals surface area contributed by atoms with Gasteiger partial charge in [0.2, 0.25) is 0 Å². The SMILES string of the molecule is C[C@@H](N)c1cncn1-c1cc(Cl)cc(Cl)c1. The summed E-state index contributed by atoms with van der Waals surface area (Å²) in [7, 11) is 0. The van der Waals surface area contributed by atoms with E-state index in [-0.39, 0.29) is 6.04 Å². The van der Waals surface area contributed by atoms with Crippen LogP contribution >= 0.6 is 23.2 Å². The van der Waals surface area contributed by atoms with Gasteiger partial charge in [-0.05, 0) is 25.1 Å². The first-order valence-corrected chi connectivity index (χ1v) is 5.58. The molecular weight excluding hydrogens is 245 g/mol. The number of halogens is 2. The fraction of sp³-hybridized carbons (Fsp3) is 0.182. The highest BCUT2D eigenvalue weighted by molar-refractivity contribution is 6.34. The van der Waals surface area contributed by atoms with Crippen molar-refractivity contribution < 1.29 is 0 Å². The smallest absolute Gasteiger partial charge is 0.0994 e. The number of hydrogen-bond donors (Lipinski definition) is 1. The number of nitrogens with zero attached hydrogens (tertiary/aromatic N) is 2. The lowest BCUT2D eigenvalue weighted by Crippen LogP contribution is -2.10. The predicted octanol–water partition coefficient (Wildman–Crippen LogP) is 3.20. The number of aromatic nitrogens is 2. The minimum Gasteiger partial charge on any atom is -0.323 e. The van der Waals surface area contributed by atoms with E-state index in [9.17, 15) is 0 Å². The normalized spacial score (nSPS) is 12.8. The molecular formula is C11H11Cl2N3. The minimum absolute atomic E-state index is 0.0970. The summed E-state index contributed by atoms with van der Waals surface area (Å²) in [6.07, 6.45) is 3.43. The summed E-state index contributed by atoms with van der Waals surface area (Å²) in [6, 6.07) is 5.23. The fourth-order valence-corrected chi connectivity index (χ4v) is 2.05. The van der Waals surface area contributed by atoms with Crippen molar-refractivity contribution in [3.63, 3.8) is 0 Å². The quantitative estimate of drug-likeness (QED) is 0.896. The van der Waals surface area contributed by atoms with Crippen LogP contribution in [0.5, 0.6) is 0 Å². The van der Waals surface area contributed by atoms with Gasteiger partial charge in [-0.25, -0.2) is 4.98 Å². The highest BCUT2D eigenvalue weighted by Crippen LogP contribution is 2.23. The summed E-state index contributed by atoms with van der Waals surface area (Å²) in [6.45, 7) is 1.90. The third-order valence-electron chi connectivity index (χ3n) is 2.26. The molecule has 0 bridgehead atoms. The van der Waals surface area contributed by atoms with Crippen LogP contribution in [0, 0.1) is 0 Å². The molecule has 0 saturated heterocycles. The van der Waals surface area contributed by atoms with Crippen LogP contribution in [0.1, 0.15) is 18.7 Å². The van der Waals surface area contributed by atoms with Crippen molar-refractivity contribution in [3.8, 4) is 5.69 Å². The van der Waals surface area contributed by atoms with E-state index in [2.05, 4.69) is 4.98 Å². The van der Waals surface area contributed by atoms with Crippen molar-refractivity contribution >= 4 is 23.2 Å². The maximum atomic E-state index is 5.95. The Morgan fingerprint density at radius 2 is 1.88 bits per heavy atom. The molecule has 0 aliphatic heterocycles. The molecule has 0 saturated carbocycles. The summed E-state index contributed by atoms with van der Waals surface area (Å²) < 4.78 is 1.88. The molecule has 16 heavy (non-hydrogen) atoms. The molecule has 3 nitrogen and oxygen atoms in total. The van der Waals surface area contributed by atoms with Gasteiger partial charge in [0.25, 0.3) is 0 Å². The molecule has 2 aromatic rings. The van der Waals surface area contributed by atoms with Crippen LogP contribution in [-0.4, -0.2) is 9.55 Å². The number of rotatable bonds is 2. The Kier molecular flexibility index (Phi) is 3.19. The topological polar surface area (TPSA) is 43.8 Å². The van der Waals surface area contributed by atoms with Crippen molar-refractivity contribution in [3.05, 3.63) is 46.5 Å². The van der Waals surface area contributed by atoms with Crippen LogP contribution in [0.25, 0.3) is 5.69 Å². The second-order valence-corrected chi connectivity index (χ2v) is 4.48. The van der Waals surface area contributed by atoms with Crippen LogP contribution < -0.4 is 5.73 Å². The van der Waals surface area contributed by atoms with Gasteiger partial charge < -0.3 is 10.3 Å². The van der Waals surface area contributed by atoms with Crippen LogP contribution in [0.4, 0.5) is 0 Å². The monoisotopic (exact) mass is 255 g/mol. The predicted molar refractivity (Wildman–Crippen MR) is 66.2 cm³/mol. The molecule has 0 unspecified atom stereocenters. The lowest BCUT2D eigenvalue weighted by Gasteiger charge is -2.11. The first-order chi connectivity index (χ1) is 7.58. The zero-order valence-electron chi connectivity index (χ0n) is 8.69. The molecule has 1 atom stereocenters. The van der Waals surface area contributed by atoms with Crippen LogP contribution in [-0.2, 0) is 0 Å². The molecule has 1 aromatic heterocycles. The minimum atomic E-state index is -0.0970. The molecule has 5 heteroatoms. The van der Waals surface area contributed by atoms with E-state index < -0.39 is 0 Å². The van der Waals surface area contributed by atoms with Crippen molar-refractivity contribution in [1.82, 2.24) is 9.55 Å². The van der Waals surface area contributed by atoms with E-state index in [4.69, 9.17) is 28.9 Å². The Hall–Kier alpha value is -1.03. The summed E-state index contributed by atoms with van der Waals surface area (Å²) >= 11 is 11.9. The van der Waals surface area contributed by atoms with Gasteiger partial charge in [-0.15, -0.1) is 0 Å². The first kappa shape index (κ1) is 11.5. The summed E-state index contributed by atoms with van der Waals surface area (Å²) in [5.41, 5.74) is 7.62. The van der Waals surface area contributed by atoms with Gasteiger partial charge >= 0.3 is 0 Å². The van der Waals surface area contributed by atoms with Gasteiger partial charge in [0, 0.05) is 21.8 Å². The first-order valence-electron chi connectivity index (χ1n) is 4.82. The lowest BCUT2D eigenvalue weighted by atomic mass is 10.2. The van der Waals surface area contributed by atoms with Gasteiger partial charge in [0.15, 0.2) is 0 Å². The summed E-state index contributed by atoms with van der Waals surface area (Å²) in [5.74, 6) is 0. The third kappa shape index (κ3) is 2.21. The maximum absolute atomic E-state index is 5.95. The van der Waals surface area contributed by atoms with Gasteiger partial charge in [-0.1, -0.05) is 23.2 Å². The fourth-order valence-electron chi connectivity index (χ4n) is 1.54. The highest BCUT2D eigenvalue weighted by atomic mass is 35.5. The molecule has 0 spiro atoms. The van der Waals surface area contributed by atoms with E-state index in [0.29, 0.717) is 10.0 Å². The van der Waals surface area contributed by atoms with Crippen molar-refractivity contribution in [2.45, 2.75) is 13.0 Å². The van der Waals surface area contributed by atoms with E-state index in [0.717, 1.165) is 11.4 Å². The van der Waals surface area contributed by atoms with E-state index in [1.54, 1.807) is 18.6 Å². The highest BCUT2D eigenvalue weighted by Gasteiger charge is 2.09. The molecule has 84 valence electrons. The Labute approximate surface area is 104 Å². The summed E-state index contributed by atoms with van der Waals surface area (Å²) in [4.78, 5) is 4.08. The average molecular weight is 256 g/mol. The van der Waals surface area contributed by atoms with Gasteiger partial charge in [0.1, 0.15) is 0 Å². The number of benzene rings is 1. The Morgan fingerprint density at radius 3 is 2.44 bits per heavy atom. The number of nitrogens with two attached hydrogens (primary N) is 1. The zero-order chi connectivity index (χ0) is 11.7. The molecule has 2 N–H and O–H groups in total. The second kappa shape index (κ2) is 4.45. The van der Waals surface area contributed by atoms with Crippen LogP contribution in [0.3, 0.4) is 0 Å². The largest absolute Gasteiger partial charge is 0.323 e. The Bertz CT molecular complexity index is 485. The molecule has 0 aliphatic carbocycles. The lowest BCUT2D eigenvalue weighted by molar-refractivity contribution is 0.752. The van der Waals surface area contributed by atoms with E-state index >= 15 is 0 Å². The summed E-state index contributed by atoms with van der Waals surface area (Å²) in [5, 5.41) is 1.18. The van der Waals surface area contributed by atoms with Crippen molar-refractivity contribution in [2.75, 3.05) is 0 Å². The molecule has 0 amide bonds. The van der Waals surface area contributed by atoms with Gasteiger partial charge in [-0.2, -0.15) is 0 Å². The number of imidazole rings is 1. The molecule has 1 heterocycles.